The van der Waals surface area contributed by atoms with E-state index in [2.05, 4.69) is 10.2 Å². The van der Waals surface area contributed by atoms with Gasteiger partial charge in [0.15, 0.2) is 0 Å². The molecule has 2 heterocycles. The van der Waals surface area contributed by atoms with Crippen LogP contribution in [0.1, 0.15) is 12.8 Å². The summed E-state index contributed by atoms with van der Waals surface area (Å²) in [5.41, 5.74) is 0. The molecule has 2 aliphatic rings. The highest BCUT2D eigenvalue weighted by molar-refractivity contribution is 7.90. The molecule has 1 N–H and O–H groups in total. The molecule has 2 aliphatic heterocycles. The maximum Gasteiger partial charge on any atom is 0.147 e. The maximum absolute atomic E-state index is 11.0. The molecule has 2 fully saturated rings. The molecule has 88 valence electrons. The van der Waals surface area contributed by atoms with E-state index >= 15 is 0 Å². The third-order valence-corrected chi connectivity index (χ3v) is 4.46. The second-order valence-corrected chi connectivity index (χ2v) is 7.11. The first-order chi connectivity index (χ1) is 7.04. The number of fused-ring (bicyclic) bond motifs is 1. The Hall–Kier alpha value is -0.130. The standard InChI is InChI=1S/C10H20N2O2S/c1-15(13,14)6-2-5-12-7-9-3-4-11-10(9)8-12/h9-11H,2-8H2,1H3/t9-,10+/m0/s1. The Balaban J connectivity index is 1.69. The summed E-state index contributed by atoms with van der Waals surface area (Å²) in [6.45, 7) is 4.35. The van der Waals surface area contributed by atoms with Crippen molar-refractivity contribution in [1.82, 2.24) is 10.2 Å². The topological polar surface area (TPSA) is 49.4 Å². The van der Waals surface area contributed by atoms with Gasteiger partial charge in [0.2, 0.25) is 0 Å². The summed E-state index contributed by atoms with van der Waals surface area (Å²) in [5.74, 6) is 1.13. The first-order valence-electron chi connectivity index (χ1n) is 5.68. The highest BCUT2D eigenvalue weighted by atomic mass is 32.2. The first kappa shape index (κ1) is 11.4. The fraction of sp³-hybridized carbons (Fsp3) is 1.00. The van der Waals surface area contributed by atoms with Crippen LogP contribution in [0.4, 0.5) is 0 Å². The maximum atomic E-state index is 11.0. The van der Waals surface area contributed by atoms with Gasteiger partial charge in [-0.15, -0.1) is 0 Å². The zero-order valence-corrected chi connectivity index (χ0v) is 10.1. The number of rotatable bonds is 4. The number of hydrogen-bond donors (Lipinski definition) is 1. The van der Waals surface area contributed by atoms with Crippen LogP contribution in [0, 0.1) is 5.92 Å². The van der Waals surface area contributed by atoms with E-state index in [-0.39, 0.29) is 0 Å². The van der Waals surface area contributed by atoms with Crippen molar-refractivity contribution < 1.29 is 8.42 Å². The molecule has 2 rings (SSSR count). The SMILES string of the molecule is CS(=O)(=O)CCCN1C[C@@H]2CCN[C@@H]2C1. The summed E-state index contributed by atoms with van der Waals surface area (Å²) in [5, 5.41) is 3.50. The van der Waals surface area contributed by atoms with Crippen LogP contribution in [-0.4, -0.2) is 57.5 Å². The molecular formula is C10H20N2O2S. The average molecular weight is 232 g/mol. The summed E-state index contributed by atoms with van der Waals surface area (Å²) in [4.78, 5) is 2.40. The molecule has 0 saturated carbocycles. The van der Waals surface area contributed by atoms with Crippen molar-refractivity contribution in [2.45, 2.75) is 18.9 Å². The number of hydrogen-bond acceptors (Lipinski definition) is 4. The Morgan fingerprint density at radius 3 is 2.87 bits per heavy atom. The van der Waals surface area contributed by atoms with E-state index < -0.39 is 9.84 Å². The summed E-state index contributed by atoms with van der Waals surface area (Å²) >= 11 is 0. The normalized spacial score (nSPS) is 32.1. The molecule has 0 spiro atoms. The summed E-state index contributed by atoms with van der Waals surface area (Å²) < 4.78 is 21.9. The van der Waals surface area contributed by atoms with Gasteiger partial charge in [-0.1, -0.05) is 0 Å². The average Bonchev–Trinajstić information content (AvgIpc) is 2.60. The van der Waals surface area contributed by atoms with Gasteiger partial charge in [0.05, 0.1) is 5.75 Å². The van der Waals surface area contributed by atoms with Gasteiger partial charge in [0.25, 0.3) is 0 Å². The predicted molar refractivity (Wildman–Crippen MR) is 60.7 cm³/mol. The van der Waals surface area contributed by atoms with Crippen molar-refractivity contribution in [2.75, 3.05) is 38.2 Å². The zero-order valence-electron chi connectivity index (χ0n) is 9.28. The van der Waals surface area contributed by atoms with Crippen LogP contribution >= 0.6 is 0 Å². The van der Waals surface area contributed by atoms with Crippen LogP contribution in [0.5, 0.6) is 0 Å². The quantitative estimate of drug-likeness (QED) is 0.724. The van der Waals surface area contributed by atoms with Crippen LogP contribution in [-0.2, 0) is 9.84 Å². The van der Waals surface area contributed by atoms with E-state index in [1.807, 2.05) is 0 Å². The lowest BCUT2D eigenvalue weighted by Gasteiger charge is -2.15. The van der Waals surface area contributed by atoms with E-state index in [9.17, 15) is 8.42 Å². The molecule has 2 saturated heterocycles. The molecule has 0 aromatic rings. The van der Waals surface area contributed by atoms with E-state index in [0.717, 1.165) is 38.5 Å². The van der Waals surface area contributed by atoms with Crippen molar-refractivity contribution in [3.05, 3.63) is 0 Å². The van der Waals surface area contributed by atoms with E-state index in [1.54, 1.807) is 0 Å². The molecule has 0 aromatic heterocycles. The second kappa shape index (κ2) is 4.39. The molecule has 0 radical (unpaired) electrons. The van der Waals surface area contributed by atoms with Crippen molar-refractivity contribution in [3.8, 4) is 0 Å². The number of sulfone groups is 1. The van der Waals surface area contributed by atoms with Crippen LogP contribution in [0.25, 0.3) is 0 Å². The molecule has 0 bridgehead atoms. The lowest BCUT2D eigenvalue weighted by Crippen LogP contribution is -2.31. The lowest BCUT2D eigenvalue weighted by molar-refractivity contribution is 0.315. The largest absolute Gasteiger partial charge is 0.312 e. The van der Waals surface area contributed by atoms with Gasteiger partial charge in [-0.25, -0.2) is 8.42 Å². The van der Waals surface area contributed by atoms with Gasteiger partial charge in [-0.05, 0) is 31.8 Å². The molecule has 5 heteroatoms. The summed E-state index contributed by atoms with van der Waals surface area (Å²) in [7, 11) is -2.78. The van der Waals surface area contributed by atoms with Crippen LogP contribution < -0.4 is 5.32 Å². The van der Waals surface area contributed by atoms with Crippen molar-refractivity contribution in [3.63, 3.8) is 0 Å². The fourth-order valence-electron chi connectivity index (χ4n) is 2.67. The monoisotopic (exact) mass is 232 g/mol. The molecule has 0 aliphatic carbocycles. The molecule has 0 unspecified atom stereocenters. The van der Waals surface area contributed by atoms with Crippen LogP contribution in [0.3, 0.4) is 0 Å². The Labute approximate surface area is 91.9 Å². The van der Waals surface area contributed by atoms with E-state index in [4.69, 9.17) is 0 Å². The van der Waals surface area contributed by atoms with E-state index in [1.165, 1.54) is 12.7 Å². The Kier molecular flexibility index (Phi) is 3.33. The van der Waals surface area contributed by atoms with Gasteiger partial charge in [-0.2, -0.15) is 0 Å². The van der Waals surface area contributed by atoms with Crippen LogP contribution in [0.15, 0.2) is 0 Å². The molecule has 15 heavy (non-hydrogen) atoms. The highest BCUT2D eigenvalue weighted by Crippen LogP contribution is 2.24. The predicted octanol–water partition coefficient (Wildman–Crippen LogP) is -0.285. The van der Waals surface area contributed by atoms with Crippen molar-refractivity contribution in [1.29, 1.82) is 0 Å². The second-order valence-electron chi connectivity index (χ2n) is 4.85. The molecule has 0 aromatic carbocycles. The summed E-state index contributed by atoms with van der Waals surface area (Å²) in [6.07, 6.45) is 3.37. The minimum atomic E-state index is -2.78. The Bertz CT molecular complexity index is 303. The Morgan fingerprint density at radius 2 is 2.20 bits per heavy atom. The molecular weight excluding hydrogens is 212 g/mol. The van der Waals surface area contributed by atoms with E-state index in [0.29, 0.717) is 11.8 Å². The van der Waals surface area contributed by atoms with Gasteiger partial charge < -0.3 is 10.2 Å². The van der Waals surface area contributed by atoms with Gasteiger partial charge in [0, 0.05) is 25.4 Å². The number of nitrogens with zero attached hydrogens (tertiary/aromatic N) is 1. The van der Waals surface area contributed by atoms with Gasteiger partial charge in [-0.3, -0.25) is 0 Å². The minimum Gasteiger partial charge on any atom is -0.312 e. The number of nitrogens with one attached hydrogen (secondary N) is 1. The van der Waals surface area contributed by atoms with Gasteiger partial charge >= 0.3 is 0 Å². The lowest BCUT2D eigenvalue weighted by atomic mass is 10.1. The summed E-state index contributed by atoms with van der Waals surface area (Å²) in [6, 6.07) is 0.670. The van der Waals surface area contributed by atoms with Crippen LogP contribution in [0.2, 0.25) is 0 Å². The number of likely N-dealkylation sites (tertiary alicyclic amines) is 1. The molecule has 0 amide bonds. The highest BCUT2D eigenvalue weighted by Gasteiger charge is 2.35. The molecule has 2 atom stereocenters. The fourth-order valence-corrected chi connectivity index (χ4v) is 3.32. The first-order valence-corrected chi connectivity index (χ1v) is 7.74. The zero-order chi connectivity index (χ0) is 10.9. The van der Waals surface area contributed by atoms with Crippen molar-refractivity contribution in [2.24, 2.45) is 5.92 Å². The third kappa shape index (κ3) is 3.16. The minimum absolute atomic E-state index is 0.326. The van der Waals surface area contributed by atoms with Crippen molar-refractivity contribution >= 4 is 9.84 Å². The van der Waals surface area contributed by atoms with Gasteiger partial charge in [0.1, 0.15) is 9.84 Å². The Morgan fingerprint density at radius 1 is 1.40 bits per heavy atom. The molecule has 4 nitrogen and oxygen atoms in total. The third-order valence-electron chi connectivity index (χ3n) is 3.43. The smallest absolute Gasteiger partial charge is 0.147 e.